The molecule has 138 valence electrons. The second-order valence-corrected chi connectivity index (χ2v) is 8.50. The first kappa shape index (κ1) is 20.7. The van der Waals surface area contributed by atoms with Gasteiger partial charge in [0.15, 0.2) is 0 Å². The average Bonchev–Trinajstić information content (AvgIpc) is 2.35. The van der Waals surface area contributed by atoms with Crippen LogP contribution in [0.2, 0.25) is 0 Å². The number of hydrogen-bond acceptors (Lipinski definition) is 10. The summed E-state index contributed by atoms with van der Waals surface area (Å²) in [5.74, 6) is -2.07. The van der Waals surface area contributed by atoms with E-state index in [0.717, 1.165) is 12.5 Å². The van der Waals surface area contributed by atoms with Gasteiger partial charge < -0.3 is 10.2 Å². The quantitative estimate of drug-likeness (QED) is 0.331. The Morgan fingerprint density at radius 3 is 1.96 bits per heavy atom. The second kappa shape index (κ2) is 8.16. The van der Waals surface area contributed by atoms with Crippen LogP contribution in [0.3, 0.4) is 0 Å². The Kier molecular flexibility index (Phi) is 7.35. The molecule has 0 aromatic carbocycles. The van der Waals surface area contributed by atoms with Crippen LogP contribution in [0.4, 0.5) is 0 Å². The number of aliphatic hydroxyl groups excluding tert-OH is 2. The molecule has 0 unspecified atom stereocenters. The molecule has 1 fully saturated rings. The molecule has 2 N–H and O–H groups in total. The number of β-amino-alcohol motifs (C(OH)–C–C–N with tert-alkyl or cyclic N) is 1. The van der Waals surface area contributed by atoms with Gasteiger partial charge in [-0.05, 0) is 6.42 Å². The zero-order valence-electron chi connectivity index (χ0n) is 13.2. The lowest BCUT2D eigenvalue weighted by molar-refractivity contribution is -0.248. The second-order valence-electron chi connectivity index (χ2n) is 5.35. The fourth-order valence-corrected chi connectivity index (χ4v) is 3.80. The van der Waals surface area contributed by atoms with E-state index in [1.807, 2.05) is 0 Å². The fourth-order valence-electron chi connectivity index (χ4n) is 2.43. The van der Waals surface area contributed by atoms with Crippen LogP contribution in [-0.2, 0) is 28.6 Å². The van der Waals surface area contributed by atoms with Gasteiger partial charge in [0.25, 0.3) is 26.1 Å². The van der Waals surface area contributed by atoms with Crippen LogP contribution < -0.4 is 0 Å². The highest BCUT2D eigenvalue weighted by molar-refractivity contribution is 7.86. The van der Waals surface area contributed by atoms with Crippen molar-refractivity contribution < 1.29 is 35.4 Å². The highest BCUT2D eigenvalue weighted by atomic mass is 32.2. The topological polar surface area (TPSA) is 134 Å². The summed E-state index contributed by atoms with van der Waals surface area (Å²) in [6.07, 6.45) is 2.03. The highest BCUT2D eigenvalue weighted by Gasteiger charge is 2.49. The summed E-state index contributed by atoms with van der Waals surface area (Å²) >= 11 is 0. The highest BCUT2D eigenvalue weighted by Crippen LogP contribution is 2.28. The SMILES string of the molecule is CS(=O)(=O)OC1(OS(C)(=O)=O)CN(CCCO)CCN1CCO. The van der Waals surface area contributed by atoms with Crippen molar-refractivity contribution in [1.29, 1.82) is 0 Å². The Balaban J connectivity index is 3.17. The molecule has 0 saturated carbocycles. The zero-order valence-corrected chi connectivity index (χ0v) is 14.8. The van der Waals surface area contributed by atoms with Crippen LogP contribution in [0.25, 0.3) is 0 Å². The van der Waals surface area contributed by atoms with Crippen molar-refractivity contribution in [3.05, 3.63) is 0 Å². The third-order valence-corrected chi connectivity index (χ3v) is 4.28. The molecule has 0 aromatic heterocycles. The van der Waals surface area contributed by atoms with Crippen LogP contribution in [0.5, 0.6) is 0 Å². The third kappa shape index (κ3) is 6.97. The van der Waals surface area contributed by atoms with Crippen LogP contribution in [-0.4, -0.2) is 101 Å². The van der Waals surface area contributed by atoms with Gasteiger partial charge in [0.2, 0.25) is 0 Å². The maximum atomic E-state index is 11.6. The normalized spacial score (nSPS) is 20.7. The largest absolute Gasteiger partial charge is 0.396 e. The van der Waals surface area contributed by atoms with Crippen LogP contribution in [0, 0.1) is 0 Å². The van der Waals surface area contributed by atoms with E-state index < -0.39 is 26.1 Å². The molecule has 0 atom stereocenters. The molecule has 0 aromatic rings. The number of nitrogens with zero attached hydrogens (tertiary/aromatic N) is 2. The average molecular weight is 376 g/mol. The van der Waals surface area contributed by atoms with Gasteiger partial charge in [0.1, 0.15) is 0 Å². The minimum absolute atomic E-state index is 0.0150. The van der Waals surface area contributed by atoms with Crippen molar-refractivity contribution in [2.24, 2.45) is 0 Å². The number of rotatable bonds is 9. The van der Waals surface area contributed by atoms with Gasteiger partial charge in [0.05, 0.1) is 25.7 Å². The molecule has 10 nitrogen and oxygen atoms in total. The molecule has 1 rings (SSSR count). The molecule has 0 amide bonds. The van der Waals surface area contributed by atoms with E-state index >= 15 is 0 Å². The summed E-state index contributed by atoms with van der Waals surface area (Å²) in [6.45, 7) is 0.596. The molecule has 1 aliphatic heterocycles. The van der Waals surface area contributed by atoms with E-state index in [-0.39, 0.29) is 32.8 Å². The van der Waals surface area contributed by atoms with Crippen molar-refractivity contribution in [1.82, 2.24) is 9.80 Å². The first-order chi connectivity index (χ1) is 10.5. The number of piperazine rings is 1. The van der Waals surface area contributed by atoms with Gasteiger partial charge in [-0.15, -0.1) is 0 Å². The molecule has 1 saturated heterocycles. The van der Waals surface area contributed by atoms with Gasteiger partial charge in [0, 0.05) is 32.8 Å². The third-order valence-electron chi connectivity index (χ3n) is 3.16. The van der Waals surface area contributed by atoms with Gasteiger partial charge in [-0.25, -0.2) is 13.3 Å². The predicted molar refractivity (Wildman–Crippen MR) is 81.4 cm³/mol. The number of aliphatic hydroxyl groups is 2. The molecule has 12 heteroatoms. The van der Waals surface area contributed by atoms with Gasteiger partial charge in [-0.1, -0.05) is 0 Å². The monoisotopic (exact) mass is 376 g/mol. The Bertz CT molecular complexity index is 543. The predicted octanol–water partition coefficient (Wildman–Crippen LogP) is -2.42. The molecule has 0 bridgehead atoms. The Morgan fingerprint density at radius 1 is 0.957 bits per heavy atom. The molecule has 0 spiro atoms. The summed E-state index contributed by atoms with van der Waals surface area (Å²) < 4.78 is 56.5. The lowest BCUT2D eigenvalue weighted by atomic mass is 10.2. The van der Waals surface area contributed by atoms with Crippen molar-refractivity contribution in [3.8, 4) is 0 Å². The van der Waals surface area contributed by atoms with E-state index in [4.69, 9.17) is 18.6 Å². The molecule has 23 heavy (non-hydrogen) atoms. The van der Waals surface area contributed by atoms with Crippen molar-refractivity contribution in [2.75, 3.05) is 58.4 Å². The summed E-state index contributed by atoms with van der Waals surface area (Å²) in [7, 11) is -8.08. The molecule has 0 radical (unpaired) electrons. The lowest BCUT2D eigenvalue weighted by Gasteiger charge is -2.47. The van der Waals surface area contributed by atoms with E-state index in [1.54, 1.807) is 4.90 Å². The maximum Gasteiger partial charge on any atom is 0.275 e. The Labute approximate surface area is 136 Å². The van der Waals surface area contributed by atoms with Crippen LogP contribution >= 0.6 is 0 Å². The first-order valence-corrected chi connectivity index (χ1v) is 10.6. The summed E-state index contributed by atoms with van der Waals surface area (Å²) in [4.78, 5) is 3.07. The van der Waals surface area contributed by atoms with Crippen LogP contribution in [0.1, 0.15) is 6.42 Å². The van der Waals surface area contributed by atoms with Crippen LogP contribution in [0.15, 0.2) is 0 Å². The molecule has 1 heterocycles. The van der Waals surface area contributed by atoms with E-state index in [2.05, 4.69) is 0 Å². The van der Waals surface area contributed by atoms with Crippen molar-refractivity contribution in [3.63, 3.8) is 0 Å². The molecule has 0 aliphatic carbocycles. The van der Waals surface area contributed by atoms with Gasteiger partial charge >= 0.3 is 0 Å². The zero-order chi connectivity index (χ0) is 17.7. The number of hydrogen-bond donors (Lipinski definition) is 2. The first-order valence-electron chi connectivity index (χ1n) is 7.02. The fraction of sp³-hybridized carbons (Fsp3) is 1.00. The molecular weight excluding hydrogens is 352 g/mol. The Hall–Kier alpha value is -0.340. The minimum atomic E-state index is -4.04. The van der Waals surface area contributed by atoms with Crippen molar-refractivity contribution in [2.45, 2.75) is 12.3 Å². The summed E-state index contributed by atoms with van der Waals surface area (Å²) in [5, 5.41) is 18.1. The smallest absolute Gasteiger partial charge is 0.275 e. The Morgan fingerprint density at radius 2 is 1.52 bits per heavy atom. The minimum Gasteiger partial charge on any atom is -0.396 e. The van der Waals surface area contributed by atoms with E-state index in [0.29, 0.717) is 19.5 Å². The molecular formula is C11H24N2O8S2. The molecule has 1 aliphatic rings. The van der Waals surface area contributed by atoms with Crippen molar-refractivity contribution >= 4 is 20.2 Å². The maximum absolute atomic E-state index is 11.6. The van der Waals surface area contributed by atoms with E-state index in [9.17, 15) is 16.8 Å². The standard InChI is InChI=1S/C11H24N2O8S2/c1-22(16,17)20-11(21-23(2,18)19)10-12(4-3-8-14)5-6-13(11)7-9-15/h14-15H,3-10H2,1-2H3. The van der Waals surface area contributed by atoms with Gasteiger partial charge in [-0.2, -0.15) is 16.8 Å². The lowest BCUT2D eigenvalue weighted by Crippen LogP contribution is -2.66. The summed E-state index contributed by atoms with van der Waals surface area (Å²) in [6, 6.07) is 0. The van der Waals surface area contributed by atoms with E-state index in [1.165, 1.54) is 4.90 Å². The van der Waals surface area contributed by atoms with Gasteiger partial charge in [-0.3, -0.25) is 4.90 Å². The summed E-state index contributed by atoms with van der Waals surface area (Å²) in [5.41, 5.74) is 0.